The van der Waals surface area contributed by atoms with Crippen molar-refractivity contribution < 1.29 is 4.79 Å². The summed E-state index contributed by atoms with van der Waals surface area (Å²) in [4.78, 5) is 12.3. The molecule has 4 N–H and O–H groups in total. The van der Waals surface area contributed by atoms with Gasteiger partial charge in [0.05, 0.1) is 0 Å². The average molecular weight is 378 g/mol. The van der Waals surface area contributed by atoms with E-state index in [1.54, 1.807) is 0 Å². The maximum Gasteiger partial charge on any atom is 0.257 e. The van der Waals surface area contributed by atoms with E-state index in [-0.39, 0.29) is 28.8 Å². The fourth-order valence-corrected chi connectivity index (χ4v) is 2.45. The third-order valence-corrected chi connectivity index (χ3v) is 3.86. The minimum atomic E-state index is -0.233. The SMILES string of the molecule is CC(C)(C)c1ccc(C(=O)NC(=S)Nc2cccc(CN)c2)cc1.Cl. The highest BCUT2D eigenvalue weighted by Gasteiger charge is 2.14. The Labute approximate surface area is 160 Å². The first-order chi connectivity index (χ1) is 11.3. The summed E-state index contributed by atoms with van der Waals surface area (Å²) in [7, 11) is 0. The van der Waals surface area contributed by atoms with Crippen LogP contribution in [0.15, 0.2) is 48.5 Å². The lowest BCUT2D eigenvalue weighted by atomic mass is 9.87. The van der Waals surface area contributed by atoms with Crippen LogP contribution in [-0.2, 0) is 12.0 Å². The second-order valence-corrected chi connectivity index (χ2v) is 7.05. The zero-order valence-electron chi connectivity index (χ0n) is 14.6. The van der Waals surface area contributed by atoms with Gasteiger partial charge >= 0.3 is 0 Å². The predicted octanol–water partition coefficient (Wildman–Crippen LogP) is 3.99. The molecule has 25 heavy (non-hydrogen) atoms. The Morgan fingerprint density at radius 3 is 2.32 bits per heavy atom. The minimum Gasteiger partial charge on any atom is -0.332 e. The number of rotatable bonds is 3. The van der Waals surface area contributed by atoms with Gasteiger partial charge in [-0.15, -0.1) is 12.4 Å². The number of carbonyl (C=O) groups is 1. The molecular formula is C19H24ClN3OS. The molecule has 0 saturated heterocycles. The molecule has 0 aliphatic heterocycles. The number of carbonyl (C=O) groups excluding carboxylic acids is 1. The quantitative estimate of drug-likeness (QED) is 0.707. The van der Waals surface area contributed by atoms with Gasteiger partial charge in [0.1, 0.15) is 0 Å². The van der Waals surface area contributed by atoms with Gasteiger partial charge in [-0.3, -0.25) is 10.1 Å². The van der Waals surface area contributed by atoms with E-state index in [4.69, 9.17) is 18.0 Å². The maximum absolute atomic E-state index is 12.3. The molecule has 0 aliphatic carbocycles. The molecule has 134 valence electrons. The van der Waals surface area contributed by atoms with Crippen LogP contribution in [0.5, 0.6) is 0 Å². The first-order valence-electron chi connectivity index (χ1n) is 7.81. The van der Waals surface area contributed by atoms with Crippen molar-refractivity contribution in [2.45, 2.75) is 32.7 Å². The number of thiocarbonyl (C=S) groups is 1. The molecule has 0 fully saturated rings. The molecule has 2 rings (SSSR count). The largest absolute Gasteiger partial charge is 0.332 e. The normalized spacial score (nSPS) is 10.6. The van der Waals surface area contributed by atoms with Crippen LogP contribution in [0, 0.1) is 0 Å². The van der Waals surface area contributed by atoms with Crippen LogP contribution in [0.25, 0.3) is 0 Å². The van der Waals surface area contributed by atoms with E-state index in [0.29, 0.717) is 12.1 Å². The van der Waals surface area contributed by atoms with E-state index < -0.39 is 0 Å². The van der Waals surface area contributed by atoms with E-state index in [1.807, 2.05) is 48.5 Å². The van der Waals surface area contributed by atoms with Gasteiger partial charge in [-0.05, 0) is 53.0 Å². The number of anilines is 1. The van der Waals surface area contributed by atoms with E-state index in [2.05, 4.69) is 31.4 Å². The van der Waals surface area contributed by atoms with Crippen molar-refractivity contribution >= 4 is 41.3 Å². The number of halogens is 1. The molecule has 2 aromatic carbocycles. The lowest BCUT2D eigenvalue weighted by Gasteiger charge is -2.19. The Kier molecular flexibility index (Phi) is 7.55. The van der Waals surface area contributed by atoms with Gasteiger partial charge in [0, 0.05) is 17.8 Å². The molecule has 4 nitrogen and oxygen atoms in total. The highest BCUT2D eigenvalue weighted by molar-refractivity contribution is 7.80. The van der Waals surface area contributed by atoms with Crippen molar-refractivity contribution in [1.82, 2.24) is 5.32 Å². The maximum atomic E-state index is 12.3. The minimum absolute atomic E-state index is 0. The summed E-state index contributed by atoms with van der Waals surface area (Å²) in [6, 6.07) is 15.2. The first-order valence-corrected chi connectivity index (χ1v) is 8.22. The van der Waals surface area contributed by atoms with Crippen molar-refractivity contribution in [3.63, 3.8) is 0 Å². The van der Waals surface area contributed by atoms with Gasteiger partial charge in [0.2, 0.25) is 0 Å². The molecule has 2 aromatic rings. The Balaban J connectivity index is 0.00000312. The molecule has 0 aliphatic rings. The molecule has 1 amide bonds. The van der Waals surface area contributed by atoms with Gasteiger partial charge in [-0.1, -0.05) is 45.0 Å². The van der Waals surface area contributed by atoms with Crippen LogP contribution in [0.3, 0.4) is 0 Å². The molecule has 0 radical (unpaired) electrons. The topological polar surface area (TPSA) is 67.2 Å². The summed E-state index contributed by atoms with van der Waals surface area (Å²) in [5.74, 6) is -0.233. The molecule has 0 unspecified atom stereocenters. The average Bonchev–Trinajstić information content (AvgIpc) is 2.54. The number of nitrogens with one attached hydrogen (secondary N) is 2. The van der Waals surface area contributed by atoms with Crippen molar-refractivity contribution in [1.29, 1.82) is 0 Å². The monoisotopic (exact) mass is 377 g/mol. The van der Waals surface area contributed by atoms with E-state index in [9.17, 15) is 4.79 Å². The molecule has 0 spiro atoms. The lowest BCUT2D eigenvalue weighted by Crippen LogP contribution is -2.34. The molecule has 0 heterocycles. The van der Waals surface area contributed by atoms with Gasteiger partial charge in [0.25, 0.3) is 5.91 Å². The van der Waals surface area contributed by atoms with Crippen LogP contribution in [0.2, 0.25) is 0 Å². The van der Waals surface area contributed by atoms with E-state index in [1.165, 1.54) is 5.56 Å². The highest BCUT2D eigenvalue weighted by Crippen LogP contribution is 2.22. The van der Waals surface area contributed by atoms with Gasteiger partial charge in [-0.2, -0.15) is 0 Å². The molecule has 0 aromatic heterocycles. The van der Waals surface area contributed by atoms with Crippen molar-refractivity contribution in [2.75, 3.05) is 5.32 Å². The zero-order valence-corrected chi connectivity index (χ0v) is 16.3. The smallest absolute Gasteiger partial charge is 0.257 e. The molecule has 0 bridgehead atoms. The van der Waals surface area contributed by atoms with Crippen molar-refractivity contribution in [3.05, 3.63) is 65.2 Å². The third kappa shape index (κ3) is 6.12. The summed E-state index contributed by atoms with van der Waals surface area (Å²) in [6.45, 7) is 6.86. The van der Waals surface area contributed by atoms with Gasteiger partial charge < -0.3 is 11.1 Å². The summed E-state index contributed by atoms with van der Waals surface area (Å²) >= 11 is 5.20. The van der Waals surface area contributed by atoms with Crippen LogP contribution in [0.4, 0.5) is 5.69 Å². The lowest BCUT2D eigenvalue weighted by molar-refractivity contribution is 0.0977. The Hall–Kier alpha value is -1.95. The molecular weight excluding hydrogens is 354 g/mol. The predicted molar refractivity (Wildman–Crippen MR) is 110 cm³/mol. The first kappa shape index (κ1) is 21.1. The van der Waals surface area contributed by atoms with Crippen LogP contribution < -0.4 is 16.4 Å². The highest BCUT2D eigenvalue weighted by atomic mass is 35.5. The van der Waals surface area contributed by atoms with E-state index in [0.717, 1.165) is 11.3 Å². The van der Waals surface area contributed by atoms with Crippen molar-refractivity contribution in [2.24, 2.45) is 5.73 Å². The summed E-state index contributed by atoms with van der Waals surface area (Å²) in [6.07, 6.45) is 0. The van der Waals surface area contributed by atoms with Gasteiger partial charge in [-0.25, -0.2) is 0 Å². The number of hydrogen-bond acceptors (Lipinski definition) is 3. The zero-order chi connectivity index (χ0) is 17.7. The number of nitrogens with two attached hydrogens (primary N) is 1. The number of amides is 1. The standard InChI is InChI=1S/C19H23N3OS.ClH/c1-19(2,3)15-9-7-14(8-10-15)17(23)22-18(24)21-16-6-4-5-13(11-16)12-20;/h4-11H,12,20H2,1-3H3,(H2,21,22,23,24);1H. The van der Waals surface area contributed by atoms with Crippen LogP contribution in [-0.4, -0.2) is 11.0 Å². The number of hydrogen-bond donors (Lipinski definition) is 3. The van der Waals surface area contributed by atoms with Gasteiger partial charge in [0.15, 0.2) is 5.11 Å². The number of benzene rings is 2. The Morgan fingerprint density at radius 2 is 1.76 bits per heavy atom. The van der Waals surface area contributed by atoms with Crippen LogP contribution >= 0.6 is 24.6 Å². The molecule has 6 heteroatoms. The van der Waals surface area contributed by atoms with E-state index >= 15 is 0 Å². The molecule has 0 atom stereocenters. The molecule has 0 saturated carbocycles. The fraction of sp³-hybridized carbons (Fsp3) is 0.263. The summed E-state index contributed by atoms with van der Waals surface area (Å²) in [5, 5.41) is 5.95. The Morgan fingerprint density at radius 1 is 1.12 bits per heavy atom. The Bertz CT molecular complexity index is 739. The van der Waals surface area contributed by atoms with Crippen LogP contribution in [0.1, 0.15) is 42.3 Å². The second-order valence-electron chi connectivity index (χ2n) is 6.64. The second kappa shape index (κ2) is 8.94. The fourth-order valence-electron chi connectivity index (χ4n) is 2.24. The van der Waals surface area contributed by atoms with Crippen molar-refractivity contribution in [3.8, 4) is 0 Å². The third-order valence-electron chi connectivity index (χ3n) is 3.66. The summed E-state index contributed by atoms with van der Waals surface area (Å²) < 4.78 is 0. The summed E-state index contributed by atoms with van der Waals surface area (Å²) in [5.41, 5.74) is 9.22.